The Morgan fingerprint density at radius 1 is 0.957 bits per heavy atom. The smallest absolute Gasteiger partial charge is 0.367 e. The fraction of sp³-hybridized carbons (Fsp3) is 0.353. The third-order valence-electron chi connectivity index (χ3n) is 4.07. The first-order valence-corrected chi connectivity index (χ1v) is 7.56. The van der Waals surface area contributed by atoms with Crippen molar-refractivity contribution in [2.75, 3.05) is 31.1 Å². The van der Waals surface area contributed by atoms with Crippen LogP contribution in [0.4, 0.5) is 18.9 Å². The summed E-state index contributed by atoms with van der Waals surface area (Å²) in [6.45, 7) is 3.44. The van der Waals surface area contributed by atoms with Crippen molar-refractivity contribution in [3.8, 4) is 0 Å². The van der Waals surface area contributed by atoms with Crippen LogP contribution in [0.1, 0.15) is 11.1 Å². The van der Waals surface area contributed by atoms with Crippen LogP contribution in [0, 0.1) is 0 Å². The average molecular weight is 321 g/mol. The number of nitrogens with zero attached hydrogens (tertiary/aromatic N) is 3. The first-order valence-electron chi connectivity index (χ1n) is 7.56. The lowest BCUT2D eigenvalue weighted by Gasteiger charge is -2.36. The maximum Gasteiger partial charge on any atom is 0.418 e. The van der Waals surface area contributed by atoms with Crippen LogP contribution in [0.3, 0.4) is 0 Å². The Bertz CT molecular complexity index is 635. The van der Waals surface area contributed by atoms with Crippen LogP contribution in [0.25, 0.3) is 0 Å². The standard InChI is InChI=1S/C17H18F3N3/c18-17(19,20)15-6-7-21-12-16(15)23-10-8-22(9-11-23)13-14-4-2-1-3-5-14/h1-7,12H,8-11,13H2. The van der Waals surface area contributed by atoms with Crippen molar-refractivity contribution in [3.05, 3.63) is 59.9 Å². The number of benzene rings is 1. The van der Waals surface area contributed by atoms with Crippen LogP contribution < -0.4 is 4.90 Å². The van der Waals surface area contributed by atoms with Gasteiger partial charge in [0.05, 0.1) is 17.4 Å². The third-order valence-corrected chi connectivity index (χ3v) is 4.07. The number of alkyl halides is 3. The van der Waals surface area contributed by atoms with Crippen molar-refractivity contribution >= 4 is 5.69 Å². The molecule has 0 radical (unpaired) electrons. The molecule has 1 saturated heterocycles. The molecule has 3 rings (SSSR count). The van der Waals surface area contributed by atoms with Gasteiger partial charge in [0.25, 0.3) is 0 Å². The minimum absolute atomic E-state index is 0.180. The van der Waals surface area contributed by atoms with Crippen LogP contribution >= 0.6 is 0 Å². The Labute approximate surface area is 133 Å². The molecule has 1 aliphatic heterocycles. The molecule has 0 spiro atoms. The molecule has 2 aromatic rings. The molecule has 0 atom stereocenters. The number of hydrogen-bond donors (Lipinski definition) is 0. The van der Waals surface area contributed by atoms with Crippen LogP contribution in [0.2, 0.25) is 0 Å². The molecule has 1 aromatic carbocycles. The van der Waals surface area contributed by atoms with Crippen molar-refractivity contribution in [1.29, 1.82) is 0 Å². The Hall–Kier alpha value is -2.08. The van der Waals surface area contributed by atoms with Gasteiger partial charge in [-0.3, -0.25) is 9.88 Å². The number of anilines is 1. The van der Waals surface area contributed by atoms with Crippen molar-refractivity contribution < 1.29 is 13.2 Å². The minimum atomic E-state index is -4.35. The van der Waals surface area contributed by atoms with E-state index in [-0.39, 0.29) is 5.69 Å². The SMILES string of the molecule is FC(F)(F)c1ccncc1N1CCN(Cc2ccccc2)CC1. The number of aromatic nitrogens is 1. The van der Waals surface area contributed by atoms with Gasteiger partial charge in [0.2, 0.25) is 0 Å². The zero-order valence-corrected chi connectivity index (χ0v) is 12.6. The predicted molar refractivity (Wildman–Crippen MR) is 83.2 cm³/mol. The highest BCUT2D eigenvalue weighted by atomic mass is 19.4. The summed E-state index contributed by atoms with van der Waals surface area (Å²) in [5.74, 6) is 0. The first kappa shape index (κ1) is 15.8. The van der Waals surface area contributed by atoms with E-state index in [1.165, 1.54) is 18.0 Å². The molecule has 0 bridgehead atoms. The van der Waals surface area contributed by atoms with E-state index in [2.05, 4.69) is 22.0 Å². The second kappa shape index (κ2) is 6.58. The van der Waals surface area contributed by atoms with E-state index >= 15 is 0 Å². The number of hydrogen-bond acceptors (Lipinski definition) is 3. The lowest BCUT2D eigenvalue weighted by atomic mass is 10.1. The Kier molecular flexibility index (Phi) is 4.52. The second-order valence-corrected chi connectivity index (χ2v) is 5.64. The number of pyridine rings is 1. The van der Waals surface area contributed by atoms with E-state index in [0.717, 1.165) is 25.7 Å². The van der Waals surface area contributed by atoms with Crippen LogP contribution in [0.5, 0.6) is 0 Å². The molecule has 0 N–H and O–H groups in total. The first-order chi connectivity index (χ1) is 11.0. The van der Waals surface area contributed by atoms with Crippen molar-refractivity contribution in [3.63, 3.8) is 0 Å². The molecule has 3 nitrogen and oxygen atoms in total. The Morgan fingerprint density at radius 2 is 1.65 bits per heavy atom. The van der Waals surface area contributed by atoms with Crippen molar-refractivity contribution in [1.82, 2.24) is 9.88 Å². The normalized spacial score (nSPS) is 16.6. The number of rotatable bonds is 3. The molecule has 0 unspecified atom stereocenters. The summed E-state index contributed by atoms with van der Waals surface area (Å²) in [5.41, 5.74) is 0.793. The minimum Gasteiger partial charge on any atom is -0.367 e. The van der Waals surface area contributed by atoms with Gasteiger partial charge < -0.3 is 4.90 Å². The van der Waals surface area contributed by atoms with E-state index in [1.54, 1.807) is 4.90 Å². The van der Waals surface area contributed by atoms with Gasteiger partial charge in [-0.1, -0.05) is 30.3 Å². The second-order valence-electron chi connectivity index (χ2n) is 5.64. The summed E-state index contributed by atoms with van der Waals surface area (Å²) in [5, 5.41) is 0. The molecule has 0 amide bonds. The highest BCUT2D eigenvalue weighted by Crippen LogP contribution is 2.36. The molecule has 122 valence electrons. The topological polar surface area (TPSA) is 19.4 Å². The zero-order valence-electron chi connectivity index (χ0n) is 12.6. The molecule has 23 heavy (non-hydrogen) atoms. The molecular weight excluding hydrogens is 303 g/mol. The van der Waals surface area contributed by atoms with Gasteiger partial charge in [-0.2, -0.15) is 13.2 Å². The summed E-state index contributed by atoms with van der Waals surface area (Å²) in [6.07, 6.45) is -1.84. The van der Waals surface area contributed by atoms with Gasteiger partial charge in [0.15, 0.2) is 0 Å². The maximum atomic E-state index is 13.1. The predicted octanol–water partition coefficient (Wildman–Crippen LogP) is 3.42. The molecule has 1 fully saturated rings. The molecule has 0 saturated carbocycles. The van der Waals surface area contributed by atoms with E-state index in [0.29, 0.717) is 13.1 Å². The summed E-state index contributed by atoms with van der Waals surface area (Å²) in [4.78, 5) is 7.90. The molecule has 0 aliphatic carbocycles. The lowest BCUT2D eigenvalue weighted by molar-refractivity contribution is -0.137. The number of halogens is 3. The third kappa shape index (κ3) is 3.82. The molecule has 1 aromatic heterocycles. The molecule has 1 aliphatic rings. The highest BCUT2D eigenvalue weighted by Gasteiger charge is 2.35. The van der Waals surface area contributed by atoms with Crippen molar-refractivity contribution in [2.45, 2.75) is 12.7 Å². The van der Waals surface area contributed by atoms with Gasteiger partial charge in [0, 0.05) is 38.9 Å². The van der Waals surface area contributed by atoms with Gasteiger partial charge in [-0.05, 0) is 11.6 Å². The van der Waals surface area contributed by atoms with Gasteiger partial charge in [-0.25, -0.2) is 0 Å². The van der Waals surface area contributed by atoms with Gasteiger partial charge >= 0.3 is 6.18 Å². The Balaban J connectivity index is 1.66. The largest absolute Gasteiger partial charge is 0.418 e. The molecular formula is C17H18F3N3. The van der Waals surface area contributed by atoms with Gasteiger partial charge in [0.1, 0.15) is 0 Å². The molecule has 6 heteroatoms. The lowest BCUT2D eigenvalue weighted by Crippen LogP contribution is -2.46. The maximum absolute atomic E-state index is 13.1. The van der Waals surface area contributed by atoms with Crippen LogP contribution in [-0.4, -0.2) is 36.1 Å². The molecule has 2 heterocycles. The van der Waals surface area contributed by atoms with E-state index in [9.17, 15) is 13.2 Å². The monoisotopic (exact) mass is 321 g/mol. The Morgan fingerprint density at radius 3 is 2.30 bits per heavy atom. The quantitative estimate of drug-likeness (QED) is 0.863. The van der Waals surface area contributed by atoms with Crippen molar-refractivity contribution in [2.24, 2.45) is 0 Å². The number of piperazine rings is 1. The summed E-state index contributed by atoms with van der Waals surface area (Å²) >= 11 is 0. The average Bonchev–Trinajstić information content (AvgIpc) is 2.56. The van der Waals surface area contributed by atoms with E-state index < -0.39 is 11.7 Å². The van der Waals surface area contributed by atoms with Crippen LogP contribution in [-0.2, 0) is 12.7 Å². The van der Waals surface area contributed by atoms with E-state index in [1.807, 2.05) is 18.2 Å². The summed E-state index contributed by atoms with van der Waals surface area (Å²) in [6, 6.07) is 11.1. The van der Waals surface area contributed by atoms with Gasteiger partial charge in [-0.15, -0.1) is 0 Å². The summed E-state index contributed by atoms with van der Waals surface area (Å²) in [7, 11) is 0. The zero-order chi connectivity index (χ0) is 16.3. The highest BCUT2D eigenvalue weighted by molar-refractivity contribution is 5.53. The van der Waals surface area contributed by atoms with E-state index in [4.69, 9.17) is 0 Å². The fourth-order valence-corrected chi connectivity index (χ4v) is 2.87. The van der Waals surface area contributed by atoms with Crippen LogP contribution in [0.15, 0.2) is 48.8 Å². The fourth-order valence-electron chi connectivity index (χ4n) is 2.87. The summed E-state index contributed by atoms with van der Waals surface area (Å²) < 4.78 is 39.3.